The summed E-state index contributed by atoms with van der Waals surface area (Å²) in [5.41, 5.74) is 2.44. The number of hydrogen-bond acceptors (Lipinski definition) is 2. The lowest BCUT2D eigenvalue weighted by Crippen LogP contribution is -2.29. The predicted octanol–water partition coefficient (Wildman–Crippen LogP) is 1.69. The summed E-state index contributed by atoms with van der Waals surface area (Å²) < 4.78 is 3.46. The molecular formula is C14H16N2O3. The maximum atomic E-state index is 12.3. The molecule has 0 unspecified atom stereocenters. The fourth-order valence-corrected chi connectivity index (χ4v) is 2.69. The van der Waals surface area contributed by atoms with Crippen molar-refractivity contribution in [2.45, 2.75) is 31.7 Å². The summed E-state index contributed by atoms with van der Waals surface area (Å²) in [7, 11) is 1.74. The van der Waals surface area contributed by atoms with E-state index in [1.165, 1.54) is 6.42 Å². The molecule has 0 aliphatic heterocycles. The van der Waals surface area contributed by atoms with Crippen LogP contribution in [0.15, 0.2) is 23.0 Å². The second kappa shape index (κ2) is 4.26. The maximum Gasteiger partial charge on any atom is 0.329 e. The summed E-state index contributed by atoms with van der Waals surface area (Å²) in [4.78, 5) is 23.0. The maximum absolute atomic E-state index is 12.3. The van der Waals surface area contributed by atoms with Crippen LogP contribution < -0.4 is 5.69 Å². The van der Waals surface area contributed by atoms with E-state index in [2.05, 4.69) is 0 Å². The van der Waals surface area contributed by atoms with Crippen LogP contribution >= 0.6 is 0 Å². The van der Waals surface area contributed by atoms with Gasteiger partial charge in [0, 0.05) is 13.1 Å². The van der Waals surface area contributed by atoms with E-state index in [4.69, 9.17) is 5.11 Å². The third-order valence-corrected chi connectivity index (χ3v) is 3.95. The molecule has 5 heteroatoms. The topological polar surface area (TPSA) is 64.2 Å². The molecule has 0 spiro atoms. The number of aromatic nitrogens is 2. The molecule has 1 aromatic heterocycles. The lowest BCUT2D eigenvalue weighted by molar-refractivity contribution is -0.136. The summed E-state index contributed by atoms with van der Waals surface area (Å²) in [5, 5.41) is 8.83. The third-order valence-electron chi connectivity index (χ3n) is 3.95. The number of nitrogens with zero attached hydrogens (tertiary/aromatic N) is 2. The van der Waals surface area contributed by atoms with Gasteiger partial charge in [-0.1, -0.05) is 6.07 Å². The zero-order valence-corrected chi connectivity index (χ0v) is 10.8. The Morgan fingerprint density at radius 1 is 1.37 bits per heavy atom. The second-order valence-corrected chi connectivity index (χ2v) is 5.19. The van der Waals surface area contributed by atoms with Crippen molar-refractivity contribution >= 4 is 17.0 Å². The first-order valence-corrected chi connectivity index (χ1v) is 6.49. The fraction of sp³-hybridized carbons (Fsp3) is 0.429. The Labute approximate surface area is 110 Å². The van der Waals surface area contributed by atoms with E-state index in [9.17, 15) is 9.59 Å². The number of aliphatic carboxylic acids is 1. The van der Waals surface area contributed by atoms with Crippen LogP contribution in [-0.2, 0) is 18.3 Å². The summed E-state index contributed by atoms with van der Waals surface area (Å²) in [6, 6.07) is 5.78. The Balaban J connectivity index is 2.16. The minimum atomic E-state index is -0.859. The van der Waals surface area contributed by atoms with E-state index in [1.807, 2.05) is 10.6 Å². The number of fused-ring (bicyclic) bond motifs is 1. The van der Waals surface area contributed by atoms with Crippen LogP contribution in [0.5, 0.6) is 0 Å². The van der Waals surface area contributed by atoms with Gasteiger partial charge in [0.15, 0.2) is 0 Å². The highest BCUT2D eigenvalue weighted by molar-refractivity contribution is 5.79. The van der Waals surface area contributed by atoms with Crippen LogP contribution in [0.3, 0.4) is 0 Å². The Morgan fingerprint density at radius 2 is 2.11 bits per heavy atom. The number of imidazole rings is 1. The molecule has 100 valence electrons. The lowest BCUT2D eigenvalue weighted by atomic mass is 9.93. The average molecular weight is 260 g/mol. The van der Waals surface area contributed by atoms with Gasteiger partial charge in [-0.2, -0.15) is 0 Å². The number of aryl methyl sites for hydroxylation is 1. The summed E-state index contributed by atoms with van der Waals surface area (Å²) >= 11 is 0. The first-order chi connectivity index (χ1) is 9.08. The van der Waals surface area contributed by atoms with Crippen LogP contribution in [-0.4, -0.2) is 20.2 Å². The van der Waals surface area contributed by atoms with Crippen molar-refractivity contribution in [1.82, 2.24) is 9.13 Å². The van der Waals surface area contributed by atoms with Crippen molar-refractivity contribution in [3.8, 4) is 0 Å². The van der Waals surface area contributed by atoms with E-state index in [0.717, 1.165) is 29.4 Å². The molecule has 1 aliphatic carbocycles. The molecule has 0 amide bonds. The number of hydrogen-bond donors (Lipinski definition) is 1. The monoisotopic (exact) mass is 260 g/mol. The van der Waals surface area contributed by atoms with Gasteiger partial charge in [-0.15, -0.1) is 0 Å². The Bertz CT molecular complexity index is 707. The molecule has 1 N–H and O–H groups in total. The molecule has 1 aromatic carbocycles. The van der Waals surface area contributed by atoms with E-state index in [0.29, 0.717) is 6.04 Å². The van der Waals surface area contributed by atoms with E-state index >= 15 is 0 Å². The second-order valence-electron chi connectivity index (χ2n) is 5.19. The van der Waals surface area contributed by atoms with Crippen molar-refractivity contribution in [1.29, 1.82) is 0 Å². The molecule has 1 heterocycles. The molecule has 2 aromatic rings. The standard InChI is InChI=1S/C14H16N2O3/c1-15-12-7-9(8-13(17)18)5-6-11(12)16(14(15)19)10-3-2-4-10/h5-7,10H,2-4,8H2,1H3,(H,17,18). The minimum Gasteiger partial charge on any atom is -0.481 e. The van der Waals surface area contributed by atoms with Gasteiger partial charge in [0.1, 0.15) is 0 Å². The van der Waals surface area contributed by atoms with Gasteiger partial charge in [0.05, 0.1) is 17.5 Å². The van der Waals surface area contributed by atoms with Crippen LogP contribution in [0.1, 0.15) is 30.9 Å². The molecule has 0 radical (unpaired) electrons. The SMILES string of the molecule is Cn1c(=O)n(C2CCC2)c2ccc(CC(=O)O)cc21. The first kappa shape index (κ1) is 12.0. The van der Waals surface area contributed by atoms with Gasteiger partial charge in [-0.3, -0.25) is 13.9 Å². The average Bonchev–Trinajstić information content (AvgIpc) is 2.52. The summed E-state index contributed by atoms with van der Waals surface area (Å²) in [6.07, 6.45) is 3.26. The molecule has 3 rings (SSSR count). The molecular weight excluding hydrogens is 244 g/mol. The van der Waals surface area contributed by atoms with Crippen molar-refractivity contribution in [3.63, 3.8) is 0 Å². The Hall–Kier alpha value is -2.04. The molecule has 0 atom stereocenters. The van der Waals surface area contributed by atoms with Crippen molar-refractivity contribution < 1.29 is 9.90 Å². The van der Waals surface area contributed by atoms with Gasteiger partial charge in [0.25, 0.3) is 0 Å². The normalized spacial score (nSPS) is 15.6. The van der Waals surface area contributed by atoms with Crippen LogP contribution in [0, 0.1) is 0 Å². The quantitative estimate of drug-likeness (QED) is 0.913. The van der Waals surface area contributed by atoms with Crippen LogP contribution in [0.4, 0.5) is 0 Å². The van der Waals surface area contributed by atoms with Gasteiger partial charge < -0.3 is 5.11 Å². The molecule has 1 aliphatic rings. The smallest absolute Gasteiger partial charge is 0.329 e. The van der Waals surface area contributed by atoms with Crippen LogP contribution in [0.25, 0.3) is 11.0 Å². The van der Waals surface area contributed by atoms with Crippen molar-refractivity contribution in [3.05, 3.63) is 34.2 Å². The molecule has 19 heavy (non-hydrogen) atoms. The van der Waals surface area contributed by atoms with Crippen molar-refractivity contribution in [2.24, 2.45) is 7.05 Å². The number of carbonyl (C=O) groups is 1. The number of carboxylic acid groups (broad SMARTS) is 1. The minimum absolute atomic E-state index is 0.00725. The molecule has 1 saturated carbocycles. The van der Waals surface area contributed by atoms with Crippen molar-refractivity contribution in [2.75, 3.05) is 0 Å². The summed E-state index contributed by atoms with van der Waals surface area (Å²) in [6.45, 7) is 0. The summed E-state index contributed by atoms with van der Waals surface area (Å²) in [5.74, 6) is -0.859. The zero-order valence-electron chi connectivity index (χ0n) is 10.8. The number of benzene rings is 1. The molecule has 1 fully saturated rings. The highest BCUT2D eigenvalue weighted by atomic mass is 16.4. The Morgan fingerprint density at radius 3 is 2.68 bits per heavy atom. The van der Waals surface area contributed by atoms with Gasteiger partial charge in [-0.25, -0.2) is 4.79 Å². The van der Waals surface area contributed by atoms with Gasteiger partial charge >= 0.3 is 11.7 Å². The Kier molecular flexibility index (Phi) is 2.69. The van der Waals surface area contributed by atoms with Gasteiger partial charge in [0.2, 0.25) is 0 Å². The number of carboxylic acids is 1. The molecule has 0 saturated heterocycles. The van der Waals surface area contributed by atoms with Crippen LogP contribution in [0.2, 0.25) is 0 Å². The molecule has 5 nitrogen and oxygen atoms in total. The van der Waals surface area contributed by atoms with Gasteiger partial charge in [-0.05, 0) is 37.0 Å². The van der Waals surface area contributed by atoms with E-state index in [1.54, 1.807) is 23.7 Å². The number of rotatable bonds is 3. The third kappa shape index (κ3) is 1.85. The largest absolute Gasteiger partial charge is 0.481 e. The first-order valence-electron chi connectivity index (χ1n) is 6.49. The highest BCUT2D eigenvalue weighted by Crippen LogP contribution is 2.33. The fourth-order valence-electron chi connectivity index (χ4n) is 2.69. The predicted molar refractivity (Wildman–Crippen MR) is 71.4 cm³/mol. The molecule has 0 bridgehead atoms. The van der Waals surface area contributed by atoms with E-state index in [-0.39, 0.29) is 12.1 Å². The zero-order chi connectivity index (χ0) is 13.6. The highest BCUT2D eigenvalue weighted by Gasteiger charge is 2.24. The van der Waals surface area contributed by atoms with E-state index < -0.39 is 5.97 Å². The lowest BCUT2D eigenvalue weighted by Gasteiger charge is -2.26.